The average Bonchev–Trinajstić information content (AvgIpc) is 2.15. The van der Waals surface area contributed by atoms with Gasteiger partial charge in [0.05, 0.1) is 10.7 Å². The highest BCUT2D eigenvalue weighted by atomic mass is 35.5. The zero-order valence-electron chi connectivity index (χ0n) is 9.77. The van der Waals surface area contributed by atoms with Crippen LogP contribution in [0.5, 0.6) is 0 Å². The summed E-state index contributed by atoms with van der Waals surface area (Å²) in [4.78, 5) is 1.82. The van der Waals surface area contributed by atoms with Gasteiger partial charge in [-0.2, -0.15) is 0 Å². The van der Waals surface area contributed by atoms with Crippen LogP contribution in [0.3, 0.4) is 0 Å². The van der Waals surface area contributed by atoms with E-state index in [-0.39, 0.29) is 15.6 Å². The second-order valence-corrected chi connectivity index (χ2v) is 5.97. The summed E-state index contributed by atoms with van der Waals surface area (Å²) in [6, 6.07) is 4.61. The summed E-state index contributed by atoms with van der Waals surface area (Å²) in [6.07, 6.45) is 0. The molecule has 0 amide bonds. The number of hydrogen-bond donors (Lipinski definition) is 2. The predicted molar refractivity (Wildman–Crippen MR) is 69.6 cm³/mol. The fourth-order valence-electron chi connectivity index (χ4n) is 1.28. The van der Waals surface area contributed by atoms with Crippen molar-refractivity contribution in [2.75, 3.05) is 32.9 Å². The van der Waals surface area contributed by atoms with E-state index < -0.39 is 10.0 Å². The minimum absolute atomic E-state index is 0.0552. The summed E-state index contributed by atoms with van der Waals surface area (Å²) in [5.74, 6) is 0. The zero-order valence-corrected chi connectivity index (χ0v) is 11.3. The number of hydrogen-bond acceptors (Lipinski definition) is 4. The Morgan fingerprint density at radius 2 is 2.06 bits per heavy atom. The summed E-state index contributed by atoms with van der Waals surface area (Å²) in [5.41, 5.74) is 5.77. The molecule has 7 heteroatoms. The first-order chi connectivity index (χ1) is 7.84. The van der Waals surface area contributed by atoms with Crippen LogP contribution in [0, 0.1) is 0 Å². The molecule has 0 heterocycles. The predicted octanol–water partition coefficient (Wildman–Crippen LogP) is 0.762. The first-order valence-electron chi connectivity index (χ1n) is 5.03. The number of halogens is 1. The Hall–Kier alpha value is -0.820. The van der Waals surface area contributed by atoms with E-state index in [0.29, 0.717) is 13.1 Å². The van der Waals surface area contributed by atoms with E-state index in [2.05, 4.69) is 4.72 Å². The number of nitrogens with two attached hydrogens (primary N) is 1. The Morgan fingerprint density at radius 1 is 1.41 bits per heavy atom. The molecule has 0 aromatic heterocycles. The van der Waals surface area contributed by atoms with Crippen molar-refractivity contribution >= 4 is 27.3 Å². The van der Waals surface area contributed by atoms with Gasteiger partial charge in [0.25, 0.3) is 0 Å². The molecular weight excluding hydrogens is 262 g/mol. The van der Waals surface area contributed by atoms with E-state index in [0.717, 1.165) is 0 Å². The van der Waals surface area contributed by atoms with Crippen LogP contribution in [-0.4, -0.2) is 40.5 Å². The van der Waals surface area contributed by atoms with Crippen molar-refractivity contribution in [2.45, 2.75) is 4.90 Å². The van der Waals surface area contributed by atoms with Crippen LogP contribution in [0.1, 0.15) is 0 Å². The van der Waals surface area contributed by atoms with E-state index in [4.69, 9.17) is 17.3 Å². The largest absolute Gasteiger partial charge is 0.398 e. The van der Waals surface area contributed by atoms with E-state index in [1.807, 2.05) is 19.0 Å². The number of sulfonamides is 1. The van der Waals surface area contributed by atoms with Crippen LogP contribution in [0.25, 0.3) is 0 Å². The third-order valence-electron chi connectivity index (χ3n) is 2.12. The maximum atomic E-state index is 12.0. The molecule has 17 heavy (non-hydrogen) atoms. The molecule has 1 aromatic carbocycles. The number of nitrogen functional groups attached to an aromatic ring is 1. The monoisotopic (exact) mass is 277 g/mol. The molecule has 1 aromatic rings. The summed E-state index contributed by atoms with van der Waals surface area (Å²) < 4.78 is 26.4. The molecule has 3 N–H and O–H groups in total. The van der Waals surface area contributed by atoms with Crippen molar-refractivity contribution in [1.82, 2.24) is 9.62 Å². The fourth-order valence-corrected chi connectivity index (χ4v) is 2.98. The van der Waals surface area contributed by atoms with Crippen molar-refractivity contribution in [3.8, 4) is 0 Å². The zero-order chi connectivity index (χ0) is 13.1. The molecule has 1 rings (SSSR count). The molecule has 0 bridgehead atoms. The van der Waals surface area contributed by atoms with Crippen LogP contribution in [0.4, 0.5) is 5.69 Å². The lowest BCUT2D eigenvalue weighted by Gasteiger charge is -2.13. The number of nitrogens with zero attached hydrogens (tertiary/aromatic N) is 1. The van der Waals surface area contributed by atoms with E-state index in [1.165, 1.54) is 12.1 Å². The van der Waals surface area contributed by atoms with Gasteiger partial charge in [-0.3, -0.25) is 0 Å². The third kappa shape index (κ3) is 3.85. The maximum Gasteiger partial charge on any atom is 0.244 e. The Morgan fingerprint density at radius 3 is 2.59 bits per heavy atom. The first kappa shape index (κ1) is 14.2. The topological polar surface area (TPSA) is 75.4 Å². The Balaban J connectivity index is 2.90. The van der Waals surface area contributed by atoms with Crippen LogP contribution < -0.4 is 10.5 Å². The van der Waals surface area contributed by atoms with Crippen molar-refractivity contribution in [1.29, 1.82) is 0 Å². The molecular formula is C10H16ClN3O2S. The molecule has 0 aliphatic carbocycles. The molecule has 0 aliphatic rings. The van der Waals surface area contributed by atoms with Gasteiger partial charge in [0, 0.05) is 13.1 Å². The van der Waals surface area contributed by atoms with Gasteiger partial charge in [0.2, 0.25) is 10.0 Å². The van der Waals surface area contributed by atoms with E-state index in [9.17, 15) is 8.42 Å². The lowest BCUT2D eigenvalue weighted by atomic mass is 10.3. The lowest BCUT2D eigenvalue weighted by Crippen LogP contribution is -2.31. The lowest BCUT2D eigenvalue weighted by molar-refractivity contribution is 0.412. The Bertz CT molecular complexity index is 468. The second kappa shape index (κ2) is 5.68. The van der Waals surface area contributed by atoms with Crippen molar-refractivity contribution in [3.63, 3.8) is 0 Å². The van der Waals surface area contributed by atoms with E-state index >= 15 is 0 Å². The van der Waals surface area contributed by atoms with E-state index in [1.54, 1.807) is 6.07 Å². The Kier molecular flexibility index (Phi) is 4.76. The molecule has 0 aliphatic heterocycles. The molecule has 0 radical (unpaired) electrons. The quantitative estimate of drug-likeness (QED) is 0.780. The number of rotatable bonds is 5. The fraction of sp³-hybridized carbons (Fsp3) is 0.400. The molecule has 0 fully saturated rings. The highest BCUT2D eigenvalue weighted by Gasteiger charge is 2.20. The summed E-state index contributed by atoms with van der Waals surface area (Å²) >= 11 is 5.85. The van der Waals surface area contributed by atoms with Gasteiger partial charge in [-0.15, -0.1) is 0 Å². The first-order valence-corrected chi connectivity index (χ1v) is 6.89. The smallest absolute Gasteiger partial charge is 0.244 e. The van der Waals surface area contributed by atoms with Crippen molar-refractivity contribution in [3.05, 3.63) is 23.2 Å². The molecule has 0 unspecified atom stereocenters. The van der Waals surface area contributed by atoms with Crippen molar-refractivity contribution < 1.29 is 8.42 Å². The number of benzene rings is 1. The molecule has 0 spiro atoms. The number of nitrogens with one attached hydrogen (secondary N) is 1. The van der Waals surface area contributed by atoms with Gasteiger partial charge in [0.1, 0.15) is 4.90 Å². The van der Waals surface area contributed by atoms with Gasteiger partial charge < -0.3 is 10.6 Å². The SMILES string of the molecule is CN(C)CCNS(=O)(=O)c1c(N)cccc1Cl. The summed E-state index contributed by atoms with van der Waals surface area (Å²) in [7, 11) is 0.0677. The second-order valence-electron chi connectivity index (χ2n) is 3.86. The normalized spacial score (nSPS) is 12.0. The third-order valence-corrected chi connectivity index (χ3v) is 4.12. The standard InChI is InChI=1S/C10H16ClN3O2S/c1-14(2)7-6-13-17(15,16)10-8(11)4-3-5-9(10)12/h3-5,13H,6-7,12H2,1-2H3. The van der Waals surface area contributed by atoms with Crippen LogP contribution in [0.2, 0.25) is 5.02 Å². The van der Waals surface area contributed by atoms with Crippen LogP contribution in [0.15, 0.2) is 23.1 Å². The summed E-state index contributed by atoms with van der Waals surface area (Å²) in [6.45, 7) is 0.906. The van der Waals surface area contributed by atoms with Gasteiger partial charge in [-0.1, -0.05) is 17.7 Å². The van der Waals surface area contributed by atoms with Gasteiger partial charge in [-0.25, -0.2) is 13.1 Å². The molecule has 96 valence electrons. The van der Waals surface area contributed by atoms with Gasteiger partial charge in [-0.05, 0) is 26.2 Å². The minimum atomic E-state index is -3.65. The molecule has 5 nitrogen and oxygen atoms in total. The molecule has 0 atom stereocenters. The summed E-state index contributed by atoms with van der Waals surface area (Å²) in [5, 5.41) is 0.127. The number of likely N-dealkylation sites (N-methyl/N-ethyl adjacent to an activating group) is 1. The van der Waals surface area contributed by atoms with Crippen molar-refractivity contribution in [2.24, 2.45) is 0 Å². The highest BCUT2D eigenvalue weighted by Crippen LogP contribution is 2.26. The average molecular weight is 278 g/mol. The van der Waals surface area contributed by atoms with Gasteiger partial charge in [0.15, 0.2) is 0 Å². The van der Waals surface area contributed by atoms with Crippen LogP contribution >= 0.6 is 11.6 Å². The maximum absolute atomic E-state index is 12.0. The number of anilines is 1. The van der Waals surface area contributed by atoms with Gasteiger partial charge >= 0.3 is 0 Å². The molecule has 0 saturated carbocycles. The Labute approximate surface area is 107 Å². The highest BCUT2D eigenvalue weighted by molar-refractivity contribution is 7.89. The molecule has 0 saturated heterocycles. The van der Waals surface area contributed by atoms with Crippen LogP contribution in [-0.2, 0) is 10.0 Å². The minimum Gasteiger partial charge on any atom is -0.398 e.